The largest absolute Gasteiger partial charge is 0.493 e. The van der Waals surface area contributed by atoms with Gasteiger partial charge in [-0.1, -0.05) is 0 Å². The van der Waals surface area contributed by atoms with Crippen LogP contribution in [0.4, 0.5) is 5.82 Å². The minimum Gasteiger partial charge on any atom is -0.493 e. The van der Waals surface area contributed by atoms with Crippen LogP contribution in [0.15, 0.2) is 24.5 Å². The number of nitrogens with one attached hydrogen (secondary N) is 1. The summed E-state index contributed by atoms with van der Waals surface area (Å²) in [5.74, 6) is 0.713. The van der Waals surface area contributed by atoms with Gasteiger partial charge in [-0.3, -0.25) is 0 Å². The molecule has 0 aliphatic rings. The molecule has 7 heteroatoms. The second-order valence-corrected chi connectivity index (χ2v) is 5.02. The molecule has 0 aliphatic carbocycles. The molecule has 122 valence electrons. The van der Waals surface area contributed by atoms with Crippen molar-refractivity contribution in [3.8, 4) is 11.5 Å². The quantitative estimate of drug-likeness (QED) is 0.846. The molecule has 2 N–H and O–H groups in total. The molecule has 0 bridgehead atoms. The van der Waals surface area contributed by atoms with Gasteiger partial charge in [0, 0.05) is 0 Å². The SMILES string of the molecule is COc1cc(C)c(C(C)Nc2cnc(C(=O)O)cn2)cc1OC. The molecule has 2 rings (SSSR count). The van der Waals surface area contributed by atoms with Crippen LogP contribution in [0.2, 0.25) is 0 Å². The standard InChI is InChI=1S/C16H19N3O4/c1-9-5-13(22-3)14(23-4)6-11(9)10(2)19-15-8-17-12(7-18-15)16(20)21/h5-8,10H,1-4H3,(H,18,19)(H,20,21). The van der Waals surface area contributed by atoms with Crippen LogP contribution >= 0.6 is 0 Å². The number of carbonyl (C=O) groups is 1. The van der Waals surface area contributed by atoms with Gasteiger partial charge in [0.1, 0.15) is 5.82 Å². The predicted octanol–water partition coefficient (Wildman–Crippen LogP) is 2.67. The maximum atomic E-state index is 10.8. The highest BCUT2D eigenvalue weighted by atomic mass is 16.5. The molecule has 1 atom stereocenters. The molecule has 1 aromatic carbocycles. The number of anilines is 1. The molecular formula is C16H19N3O4. The Bertz CT molecular complexity index is 701. The van der Waals surface area contributed by atoms with Gasteiger partial charge < -0.3 is 19.9 Å². The number of hydrogen-bond donors (Lipinski definition) is 2. The third-order valence-electron chi connectivity index (χ3n) is 3.47. The van der Waals surface area contributed by atoms with E-state index in [0.717, 1.165) is 11.1 Å². The van der Waals surface area contributed by atoms with Crippen molar-refractivity contribution in [3.63, 3.8) is 0 Å². The summed E-state index contributed by atoms with van der Waals surface area (Å²) in [7, 11) is 3.18. The lowest BCUT2D eigenvalue weighted by atomic mass is 10.0. The van der Waals surface area contributed by atoms with E-state index >= 15 is 0 Å². The third-order valence-corrected chi connectivity index (χ3v) is 3.47. The summed E-state index contributed by atoms with van der Waals surface area (Å²) in [4.78, 5) is 18.7. The van der Waals surface area contributed by atoms with Gasteiger partial charge in [-0.05, 0) is 37.1 Å². The first-order valence-corrected chi connectivity index (χ1v) is 7.00. The second-order valence-electron chi connectivity index (χ2n) is 5.02. The number of ether oxygens (including phenoxy) is 2. The number of carboxylic acids is 1. The van der Waals surface area contributed by atoms with Crippen molar-refractivity contribution in [1.29, 1.82) is 0 Å². The van der Waals surface area contributed by atoms with E-state index in [-0.39, 0.29) is 11.7 Å². The number of hydrogen-bond acceptors (Lipinski definition) is 6. The van der Waals surface area contributed by atoms with Crippen molar-refractivity contribution >= 4 is 11.8 Å². The number of aromatic carboxylic acids is 1. The van der Waals surface area contributed by atoms with Gasteiger partial charge in [0.05, 0.1) is 32.7 Å². The Morgan fingerprint density at radius 3 is 2.35 bits per heavy atom. The lowest BCUT2D eigenvalue weighted by Gasteiger charge is -2.19. The number of carboxylic acid groups (broad SMARTS) is 1. The van der Waals surface area contributed by atoms with Crippen molar-refractivity contribution in [2.24, 2.45) is 0 Å². The molecule has 1 unspecified atom stereocenters. The van der Waals surface area contributed by atoms with Crippen LogP contribution in [0.3, 0.4) is 0 Å². The highest BCUT2D eigenvalue weighted by Crippen LogP contribution is 2.33. The van der Waals surface area contributed by atoms with E-state index < -0.39 is 5.97 Å². The minimum absolute atomic E-state index is 0.0696. The Kier molecular flexibility index (Phi) is 5.00. The Labute approximate surface area is 134 Å². The highest BCUT2D eigenvalue weighted by Gasteiger charge is 2.14. The number of aryl methyl sites for hydroxylation is 1. The van der Waals surface area contributed by atoms with Crippen LogP contribution in [-0.4, -0.2) is 35.3 Å². The molecule has 0 amide bonds. The Hall–Kier alpha value is -2.83. The van der Waals surface area contributed by atoms with Crippen LogP contribution in [0.25, 0.3) is 0 Å². The van der Waals surface area contributed by atoms with Crippen molar-refractivity contribution in [1.82, 2.24) is 9.97 Å². The van der Waals surface area contributed by atoms with Crippen molar-refractivity contribution in [2.75, 3.05) is 19.5 Å². The van der Waals surface area contributed by atoms with E-state index in [4.69, 9.17) is 14.6 Å². The topological polar surface area (TPSA) is 93.6 Å². The fraction of sp³-hybridized carbons (Fsp3) is 0.312. The van der Waals surface area contributed by atoms with Gasteiger partial charge in [-0.15, -0.1) is 0 Å². The average molecular weight is 317 g/mol. The van der Waals surface area contributed by atoms with Crippen molar-refractivity contribution in [2.45, 2.75) is 19.9 Å². The van der Waals surface area contributed by atoms with Crippen molar-refractivity contribution in [3.05, 3.63) is 41.3 Å². The van der Waals surface area contributed by atoms with Crippen LogP contribution < -0.4 is 14.8 Å². The number of aromatic nitrogens is 2. The maximum absolute atomic E-state index is 10.8. The lowest BCUT2D eigenvalue weighted by Crippen LogP contribution is -2.11. The summed E-state index contributed by atoms with van der Waals surface area (Å²) in [5.41, 5.74) is 1.97. The summed E-state index contributed by atoms with van der Waals surface area (Å²) in [6.45, 7) is 3.95. The Morgan fingerprint density at radius 1 is 1.17 bits per heavy atom. The molecule has 2 aromatic rings. The lowest BCUT2D eigenvalue weighted by molar-refractivity contribution is 0.0690. The van der Waals surface area contributed by atoms with Gasteiger partial charge in [0.15, 0.2) is 17.2 Å². The normalized spacial score (nSPS) is 11.7. The number of benzene rings is 1. The molecule has 0 fully saturated rings. The summed E-state index contributed by atoms with van der Waals surface area (Å²) in [5, 5.41) is 12.0. The van der Waals surface area contributed by atoms with Gasteiger partial charge in [-0.25, -0.2) is 14.8 Å². The number of methoxy groups -OCH3 is 2. The zero-order chi connectivity index (χ0) is 17.0. The molecule has 0 radical (unpaired) electrons. The Morgan fingerprint density at radius 2 is 1.83 bits per heavy atom. The van der Waals surface area contributed by atoms with Gasteiger partial charge >= 0.3 is 5.97 Å². The van der Waals surface area contributed by atoms with E-state index in [1.165, 1.54) is 12.4 Å². The molecule has 1 heterocycles. The minimum atomic E-state index is -1.10. The first kappa shape index (κ1) is 16.5. The molecule has 7 nitrogen and oxygen atoms in total. The Balaban J connectivity index is 2.23. The zero-order valence-corrected chi connectivity index (χ0v) is 13.5. The smallest absolute Gasteiger partial charge is 0.356 e. The van der Waals surface area contributed by atoms with Crippen LogP contribution in [0.5, 0.6) is 11.5 Å². The molecule has 0 spiro atoms. The highest BCUT2D eigenvalue weighted by molar-refractivity contribution is 5.84. The molecule has 23 heavy (non-hydrogen) atoms. The molecule has 0 saturated carbocycles. The summed E-state index contributed by atoms with van der Waals surface area (Å²) >= 11 is 0. The number of rotatable bonds is 6. The first-order chi connectivity index (χ1) is 11.0. The van der Waals surface area contributed by atoms with Crippen LogP contribution in [-0.2, 0) is 0 Å². The van der Waals surface area contributed by atoms with E-state index in [1.54, 1.807) is 14.2 Å². The predicted molar refractivity (Wildman–Crippen MR) is 85.3 cm³/mol. The summed E-state index contributed by atoms with van der Waals surface area (Å²) in [6.07, 6.45) is 2.62. The molecule has 0 aliphatic heterocycles. The third kappa shape index (κ3) is 3.68. The average Bonchev–Trinajstić information content (AvgIpc) is 2.54. The number of nitrogens with zero attached hydrogens (tertiary/aromatic N) is 2. The summed E-state index contributed by atoms with van der Waals surface area (Å²) < 4.78 is 10.6. The van der Waals surface area contributed by atoms with E-state index in [1.807, 2.05) is 26.0 Å². The van der Waals surface area contributed by atoms with Gasteiger partial charge in [-0.2, -0.15) is 0 Å². The fourth-order valence-corrected chi connectivity index (χ4v) is 2.28. The zero-order valence-electron chi connectivity index (χ0n) is 13.5. The molecule has 0 saturated heterocycles. The van der Waals surface area contributed by atoms with E-state index in [2.05, 4.69) is 15.3 Å². The molecular weight excluding hydrogens is 298 g/mol. The summed E-state index contributed by atoms with van der Waals surface area (Å²) in [6, 6.07) is 3.75. The maximum Gasteiger partial charge on any atom is 0.356 e. The molecule has 1 aromatic heterocycles. The van der Waals surface area contributed by atoms with Gasteiger partial charge in [0.25, 0.3) is 0 Å². The second kappa shape index (κ2) is 6.95. The van der Waals surface area contributed by atoms with Gasteiger partial charge in [0.2, 0.25) is 0 Å². The van der Waals surface area contributed by atoms with Crippen LogP contribution in [0, 0.1) is 6.92 Å². The van der Waals surface area contributed by atoms with Crippen molar-refractivity contribution < 1.29 is 19.4 Å². The fourth-order valence-electron chi connectivity index (χ4n) is 2.28. The first-order valence-electron chi connectivity index (χ1n) is 7.00. The van der Waals surface area contributed by atoms with Crippen LogP contribution in [0.1, 0.15) is 34.6 Å². The van der Waals surface area contributed by atoms with E-state index in [9.17, 15) is 4.79 Å². The monoisotopic (exact) mass is 317 g/mol. The van der Waals surface area contributed by atoms with E-state index in [0.29, 0.717) is 17.3 Å².